The maximum absolute atomic E-state index is 13.5. The van der Waals surface area contributed by atoms with Crippen molar-refractivity contribution in [1.29, 1.82) is 0 Å². The Morgan fingerprint density at radius 3 is 2.23 bits per heavy atom. The van der Waals surface area contributed by atoms with Gasteiger partial charge in [-0.3, -0.25) is 9.59 Å². The fourth-order valence-corrected chi connectivity index (χ4v) is 2.70. The minimum Gasteiger partial charge on any atom is -0.493 e. The number of nitrogens with one attached hydrogen (secondary N) is 1. The van der Waals surface area contributed by atoms with Crippen molar-refractivity contribution in [2.45, 2.75) is 18.6 Å². The highest BCUT2D eigenvalue weighted by atomic mass is 19.4. The number of methoxy groups -OCH3 is 3. The molecule has 6 nitrogen and oxygen atoms in total. The first-order valence-corrected chi connectivity index (χ1v) is 8.57. The van der Waals surface area contributed by atoms with Crippen LogP contribution in [-0.4, -0.2) is 33.2 Å². The molecule has 2 rings (SSSR count). The SMILES string of the molecule is COC(=O)CC(NC(=O)c1ccc(F)c(C(F)(F)F)c1)c1ccc(OC)c(OC)c1. The molecule has 0 saturated carbocycles. The number of rotatable bonds is 7. The van der Waals surface area contributed by atoms with Crippen molar-refractivity contribution in [3.05, 3.63) is 58.9 Å². The van der Waals surface area contributed by atoms with Crippen LogP contribution in [-0.2, 0) is 15.7 Å². The summed E-state index contributed by atoms with van der Waals surface area (Å²) in [5.74, 6) is -2.36. The molecule has 1 atom stereocenters. The van der Waals surface area contributed by atoms with E-state index in [2.05, 4.69) is 10.1 Å². The van der Waals surface area contributed by atoms with Crippen molar-refractivity contribution in [2.24, 2.45) is 0 Å². The minimum absolute atomic E-state index is 0.301. The predicted molar refractivity (Wildman–Crippen MR) is 97.8 cm³/mol. The Kier molecular flexibility index (Phi) is 7.25. The van der Waals surface area contributed by atoms with Gasteiger partial charge in [0.25, 0.3) is 5.91 Å². The molecule has 2 aromatic carbocycles. The molecule has 30 heavy (non-hydrogen) atoms. The molecule has 1 unspecified atom stereocenters. The van der Waals surface area contributed by atoms with Crippen molar-refractivity contribution in [2.75, 3.05) is 21.3 Å². The number of benzene rings is 2. The van der Waals surface area contributed by atoms with Crippen LogP contribution in [0.2, 0.25) is 0 Å². The van der Waals surface area contributed by atoms with Gasteiger partial charge in [0.15, 0.2) is 11.5 Å². The number of alkyl halides is 3. The summed E-state index contributed by atoms with van der Waals surface area (Å²) in [5.41, 5.74) is -1.56. The van der Waals surface area contributed by atoms with Crippen LogP contribution in [0.4, 0.5) is 17.6 Å². The summed E-state index contributed by atoms with van der Waals surface area (Å²) in [6.45, 7) is 0. The van der Waals surface area contributed by atoms with Gasteiger partial charge in [-0.15, -0.1) is 0 Å². The fraction of sp³-hybridized carbons (Fsp3) is 0.300. The van der Waals surface area contributed by atoms with E-state index in [0.29, 0.717) is 29.2 Å². The topological polar surface area (TPSA) is 73.9 Å². The van der Waals surface area contributed by atoms with E-state index in [4.69, 9.17) is 9.47 Å². The summed E-state index contributed by atoms with van der Waals surface area (Å²) in [6, 6.07) is 5.55. The van der Waals surface area contributed by atoms with Gasteiger partial charge in [-0.05, 0) is 35.9 Å². The zero-order chi connectivity index (χ0) is 22.5. The van der Waals surface area contributed by atoms with Crippen LogP contribution in [0.25, 0.3) is 0 Å². The zero-order valence-electron chi connectivity index (χ0n) is 16.3. The Bertz CT molecular complexity index is 930. The van der Waals surface area contributed by atoms with Crippen LogP contribution in [0.1, 0.15) is 33.9 Å². The minimum atomic E-state index is -4.96. The lowest BCUT2D eigenvalue weighted by Gasteiger charge is -2.20. The van der Waals surface area contributed by atoms with Crippen LogP contribution in [0, 0.1) is 5.82 Å². The van der Waals surface area contributed by atoms with Crippen LogP contribution in [0.5, 0.6) is 11.5 Å². The average molecular weight is 429 g/mol. The first-order valence-electron chi connectivity index (χ1n) is 8.57. The predicted octanol–water partition coefficient (Wildman–Crippen LogP) is 3.90. The second-order valence-corrected chi connectivity index (χ2v) is 6.11. The Morgan fingerprint density at radius 1 is 1.00 bits per heavy atom. The van der Waals surface area contributed by atoms with E-state index in [-0.39, 0.29) is 6.42 Å². The zero-order valence-corrected chi connectivity index (χ0v) is 16.3. The maximum Gasteiger partial charge on any atom is 0.419 e. The van der Waals surface area contributed by atoms with E-state index in [1.165, 1.54) is 20.3 Å². The quantitative estimate of drug-likeness (QED) is 0.534. The molecular formula is C20H19F4NO5. The van der Waals surface area contributed by atoms with E-state index in [9.17, 15) is 27.2 Å². The highest BCUT2D eigenvalue weighted by Crippen LogP contribution is 2.33. The van der Waals surface area contributed by atoms with Crippen LogP contribution in [0.3, 0.4) is 0 Å². The van der Waals surface area contributed by atoms with Gasteiger partial charge in [0.1, 0.15) is 5.82 Å². The van der Waals surface area contributed by atoms with Gasteiger partial charge < -0.3 is 19.5 Å². The first kappa shape index (κ1) is 23.0. The van der Waals surface area contributed by atoms with Crippen LogP contribution >= 0.6 is 0 Å². The summed E-state index contributed by atoms with van der Waals surface area (Å²) in [7, 11) is 3.98. The van der Waals surface area contributed by atoms with Gasteiger partial charge >= 0.3 is 12.1 Å². The molecule has 1 N–H and O–H groups in total. The molecule has 0 aromatic heterocycles. The van der Waals surface area contributed by atoms with E-state index < -0.39 is 41.0 Å². The highest BCUT2D eigenvalue weighted by molar-refractivity contribution is 5.95. The van der Waals surface area contributed by atoms with Gasteiger partial charge in [0, 0.05) is 5.56 Å². The van der Waals surface area contributed by atoms with E-state index in [0.717, 1.165) is 13.2 Å². The summed E-state index contributed by atoms with van der Waals surface area (Å²) >= 11 is 0. The molecule has 0 saturated heterocycles. The maximum atomic E-state index is 13.5. The van der Waals surface area contributed by atoms with Crippen molar-refractivity contribution < 1.29 is 41.4 Å². The molecule has 2 aromatic rings. The molecule has 0 heterocycles. The summed E-state index contributed by atoms with van der Waals surface area (Å²) in [5, 5.41) is 2.48. The molecule has 0 aliphatic carbocycles. The Hall–Kier alpha value is -3.30. The molecule has 0 aliphatic rings. The van der Waals surface area contributed by atoms with E-state index in [1.807, 2.05) is 0 Å². The van der Waals surface area contributed by atoms with Crippen molar-refractivity contribution >= 4 is 11.9 Å². The van der Waals surface area contributed by atoms with Gasteiger partial charge in [-0.2, -0.15) is 13.2 Å². The monoisotopic (exact) mass is 429 g/mol. The molecule has 10 heteroatoms. The Morgan fingerprint density at radius 2 is 1.67 bits per heavy atom. The number of carbonyl (C=O) groups excluding carboxylic acids is 2. The molecule has 0 bridgehead atoms. The lowest BCUT2D eigenvalue weighted by molar-refractivity contribution is -0.141. The first-order chi connectivity index (χ1) is 14.1. The number of esters is 1. The summed E-state index contributed by atoms with van der Waals surface area (Å²) in [6.07, 6.45) is -5.26. The van der Waals surface area contributed by atoms with Gasteiger partial charge in [0.2, 0.25) is 0 Å². The van der Waals surface area contributed by atoms with Gasteiger partial charge in [-0.1, -0.05) is 6.07 Å². The Labute approximate surface area is 169 Å². The molecule has 0 spiro atoms. The third-order valence-electron chi connectivity index (χ3n) is 4.25. The molecular weight excluding hydrogens is 410 g/mol. The van der Waals surface area contributed by atoms with Gasteiger partial charge in [0.05, 0.1) is 39.4 Å². The second kappa shape index (κ2) is 9.47. The summed E-state index contributed by atoms with van der Waals surface area (Å²) in [4.78, 5) is 24.4. The largest absolute Gasteiger partial charge is 0.493 e. The van der Waals surface area contributed by atoms with Gasteiger partial charge in [-0.25, -0.2) is 4.39 Å². The van der Waals surface area contributed by atoms with Crippen molar-refractivity contribution in [1.82, 2.24) is 5.32 Å². The molecule has 0 fully saturated rings. The molecule has 0 radical (unpaired) electrons. The van der Waals surface area contributed by atoms with E-state index >= 15 is 0 Å². The third kappa shape index (κ3) is 5.40. The molecule has 162 valence electrons. The lowest BCUT2D eigenvalue weighted by atomic mass is 10.0. The highest BCUT2D eigenvalue weighted by Gasteiger charge is 2.35. The fourth-order valence-electron chi connectivity index (χ4n) is 2.70. The third-order valence-corrected chi connectivity index (χ3v) is 4.25. The number of ether oxygens (including phenoxy) is 3. The van der Waals surface area contributed by atoms with E-state index in [1.54, 1.807) is 12.1 Å². The molecule has 1 amide bonds. The van der Waals surface area contributed by atoms with Crippen molar-refractivity contribution in [3.8, 4) is 11.5 Å². The second-order valence-electron chi connectivity index (χ2n) is 6.11. The Balaban J connectivity index is 2.38. The standard InChI is InChI=1S/C20H19F4NO5/c1-28-16-7-5-11(9-17(16)29-2)15(10-18(26)30-3)25-19(27)12-4-6-14(21)13(8-12)20(22,23)24/h4-9,15H,10H2,1-3H3,(H,25,27). The normalized spacial score (nSPS) is 12.1. The number of carbonyl (C=O) groups is 2. The number of amides is 1. The van der Waals surface area contributed by atoms with Crippen LogP contribution in [0.15, 0.2) is 36.4 Å². The number of halogens is 4. The van der Waals surface area contributed by atoms with Crippen molar-refractivity contribution in [3.63, 3.8) is 0 Å². The lowest BCUT2D eigenvalue weighted by Crippen LogP contribution is -2.31. The van der Waals surface area contributed by atoms with Crippen LogP contribution < -0.4 is 14.8 Å². The smallest absolute Gasteiger partial charge is 0.419 e. The molecule has 0 aliphatic heterocycles. The number of hydrogen-bond donors (Lipinski definition) is 1. The number of hydrogen-bond acceptors (Lipinski definition) is 5. The summed E-state index contributed by atoms with van der Waals surface area (Å²) < 4.78 is 67.2. The average Bonchev–Trinajstić information content (AvgIpc) is 2.71.